The van der Waals surface area contributed by atoms with Gasteiger partial charge in [-0.1, -0.05) is 44.2 Å². The fraction of sp³-hybridized carbons (Fsp3) is 0.583. The molecule has 9 nitrogen and oxygen atoms in total. The maximum absolute atomic E-state index is 13.1. The number of carbonyl (C=O) groups is 4. The van der Waals surface area contributed by atoms with Crippen molar-refractivity contribution in [3.8, 4) is 0 Å². The molecule has 0 bridgehead atoms. The Balaban J connectivity index is 2.87. The zero-order chi connectivity index (χ0) is 26.4. The van der Waals surface area contributed by atoms with Crippen LogP contribution in [0.5, 0.6) is 0 Å². The second-order valence-corrected chi connectivity index (χ2v) is 10.5. The average Bonchev–Trinajstić information content (AvgIpc) is 2.82. The molecule has 0 aliphatic rings. The molecule has 196 valence electrons. The van der Waals surface area contributed by atoms with Crippen molar-refractivity contribution in [2.45, 2.75) is 57.3 Å². The van der Waals surface area contributed by atoms with Gasteiger partial charge in [0.1, 0.15) is 18.1 Å². The first kappa shape index (κ1) is 30.8. The lowest BCUT2D eigenvalue weighted by molar-refractivity contribution is -0.142. The van der Waals surface area contributed by atoms with E-state index in [2.05, 4.69) is 16.0 Å². The van der Waals surface area contributed by atoms with E-state index in [1.807, 2.05) is 42.8 Å². The van der Waals surface area contributed by atoms with E-state index >= 15 is 0 Å². The highest BCUT2D eigenvalue weighted by Gasteiger charge is 2.31. The first-order chi connectivity index (χ1) is 16.6. The number of carboxylic acid groups (broad SMARTS) is 1. The first-order valence-electron chi connectivity index (χ1n) is 11.5. The Labute approximate surface area is 216 Å². The number of hydrogen-bond donors (Lipinski definition) is 5. The van der Waals surface area contributed by atoms with E-state index < -0.39 is 47.9 Å². The molecule has 0 saturated heterocycles. The van der Waals surface area contributed by atoms with Crippen LogP contribution < -0.4 is 21.7 Å². The second-order valence-electron chi connectivity index (χ2n) is 8.55. The number of thioether (sulfide) groups is 2. The summed E-state index contributed by atoms with van der Waals surface area (Å²) in [6.45, 7) is 3.57. The van der Waals surface area contributed by atoms with Crippen LogP contribution in [-0.2, 0) is 25.6 Å². The van der Waals surface area contributed by atoms with E-state index in [0.717, 1.165) is 5.56 Å². The summed E-state index contributed by atoms with van der Waals surface area (Å²) in [5.41, 5.74) is 6.97. The quantitative estimate of drug-likeness (QED) is 0.216. The minimum absolute atomic E-state index is 0.263. The fourth-order valence-corrected chi connectivity index (χ4v) is 4.23. The minimum atomic E-state index is -1.12. The van der Waals surface area contributed by atoms with Crippen LogP contribution >= 0.6 is 23.5 Å². The highest BCUT2D eigenvalue weighted by Crippen LogP contribution is 2.09. The Morgan fingerprint density at radius 2 is 1.40 bits per heavy atom. The van der Waals surface area contributed by atoms with Gasteiger partial charge in [0.05, 0.1) is 6.04 Å². The van der Waals surface area contributed by atoms with E-state index in [-0.39, 0.29) is 12.3 Å². The van der Waals surface area contributed by atoms with Crippen LogP contribution in [0.25, 0.3) is 0 Å². The number of nitrogens with two attached hydrogens (primary N) is 1. The highest BCUT2D eigenvalue weighted by atomic mass is 32.2. The molecule has 35 heavy (non-hydrogen) atoms. The molecule has 0 heterocycles. The molecular formula is C24H38N4O5S2. The molecule has 0 aliphatic carbocycles. The summed E-state index contributed by atoms with van der Waals surface area (Å²) in [7, 11) is 0. The largest absolute Gasteiger partial charge is 0.480 e. The van der Waals surface area contributed by atoms with Crippen LogP contribution in [0.3, 0.4) is 0 Å². The minimum Gasteiger partial charge on any atom is -0.480 e. The molecule has 6 N–H and O–H groups in total. The third kappa shape index (κ3) is 11.4. The maximum atomic E-state index is 13.1. The molecule has 1 rings (SSSR count). The fourth-order valence-electron chi connectivity index (χ4n) is 3.29. The molecule has 0 spiro atoms. The molecule has 4 atom stereocenters. The van der Waals surface area contributed by atoms with Gasteiger partial charge in [-0.25, -0.2) is 4.79 Å². The van der Waals surface area contributed by atoms with Crippen LogP contribution in [0.1, 0.15) is 32.3 Å². The Hall–Kier alpha value is -2.24. The third-order valence-electron chi connectivity index (χ3n) is 5.35. The Morgan fingerprint density at radius 3 is 1.91 bits per heavy atom. The van der Waals surface area contributed by atoms with Gasteiger partial charge in [-0.3, -0.25) is 14.4 Å². The topological polar surface area (TPSA) is 151 Å². The number of aliphatic carboxylic acids is 1. The Kier molecular flexibility index (Phi) is 14.5. The van der Waals surface area contributed by atoms with Crippen molar-refractivity contribution in [3.05, 3.63) is 35.9 Å². The predicted molar refractivity (Wildman–Crippen MR) is 142 cm³/mol. The monoisotopic (exact) mass is 526 g/mol. The molecule has 0 aromatic heterocycles. The standard InChI is InChI=1S/C24H38N4O5S2/c1-15(2)20(28-21(29)17(25)14-16-8-6-5-7-9-16)23(31)26-18(10-12-34-3)22(30)27-19(24(32)33)11-13-35-4/h5-9,15,17-20H,10-14,25H2,1-4H3,(H,26,31)(H,27,30)(H,28,29)(H,32,33). The smallest absolute Gasteiger partial charge is 0.326 e. The number of benzene rings is 1. The van der Waals surface area contributed by atoms with E-state index in [4.69, 9.17) is 5.73 Å². The third-order valence-corrected chi connectivity index (χ3v) is 6.64. The number of amides is 3. The van der Waals surface area contributed by atoms with Crippen LogP contribution in [-0.4, -0.2) is 77.0 Å². The summed E-state index contributed by atoms with van der Waals surface area (Å²) in [6, 6.07) is 5.63. The highest BCUT2D eigenvalue weighted by molar-refractivity contribution is 7.98. The second kappa shape index (κ2) is 16.4. The van der Waals surface area contributed by atoms with Gasteiger partial charge in [-0.05, 0) is 54.8 Å². The number of hydrogen-bond acceptors (Lipinski definition) is 7. The summed E-state index contributed by atoms with van der Waals surface area (Å²) in [5, 5.41) is 17.4. The Morgan fingerprint density at radius 1 is 0.857 bits per heavy atom. The van der Waals surface area contributed by atoms with Crippen molar-refractivity contribution in [1.29, 1.82) is 0 Å². The molecular weight excluding hydrogens is 488 g/mol. The summed E-state index contributed by atoms with van der Waals surface area (Å²) in [5.74, 6) is -1.77. The lowest BCUT2D eigenvalue weighted by Crippen LogP contribution is -2.58. The van der Waals surface area contributed by atoms with Crippen LogP contribution in [0.2, 0.25) is 0 Å². The first-order valence-corrected chi connectivity index (χ1v) is 14.3. The lowest BCUT2D eigenvalue weighted by Gasteiger charge is -2.27. The molecule has 0 aliphatic heterocycles. The zero-order valence-corrected chi connectivity index (χ0v) is 22.4. The van der Waals surface area contributed by atoms with Crippen molar-refractivity contribution < 1.29 is 24.3 Å². The maximum Gasteiger partial charge on any atom is 0.326 e. The lowest BCUT2D eigenvalue weighted by atomic mass is 10.0. The van der Waals surface area contributed by atoms with Crippen molar-refractivity contribution in [2.75, 3.05) is 24.0 Å². The van der Waals surface area contributed by atoms with Gasteiger partial charge in [0.25, 0.3) is 0 Å². The molecule has 4 unspecified atom stereocenters. The summed E-state index contributed by atoms with van der Waals surface area (Å²) < 4.78 is 0. The number of rotatable bonds is 16. The molecule has 0 saturated carbocycles. The summed E-state index contributed by atoms with van der Waals surface area (Å²) >= 11 is 2.99. The predicted octanol–water partition coefficient (Wildman–Crippen LogP) is 1.26. The van der Waals surface area contributed by atoms with Crippen LogP contribution in [0.4, 0.5) is 0 Å². The van der Waals surface area contributed by atoms with Crippen molar-refractivity contribution in [1.82, 2.24) is 16.0 Å². The summed E-state index contributed by atoms with van der Waals surface area (Å²) in [6.07, 6.45) is 4.65. The van der Waals surface area contributed by atoms with Crippen LogP contribution in [0.15, 0.2) is 30.3 Å². The molecule has 0 radical (unpaired) electrons. The normalized spacial score (nSPS) is 14.5. The van der Waals surface area contributed by atoms with Gasteiger partial charge >= 0.3 is 5.97 Å². The van der Waals surface area contributed by atoms with Crippen LogP contribution in [0, 0.1) is 5.92 Å². The van der Waals surface area contributed by atoms with Crippen molar-refractivity contribution in [2.24, 2.45) is 11.7 Å². The van der Waals surface area contributed by atoms with E-state index in [1.165, 1.54) is 23.5 Å². The number of nitrogens with one attached hydrogen (secondary N) is 3. The molecule has 0 fully saturated rings. The zero-order valence-electron chi connectivity index (χ0n) is 20.8. The van der Waals surface area contributed by atoms with Crippen molar-refractivity contribution in [3.63, 3.8) is 0 Å². The SMILES string of the molecule is CSCCC(NC(=O)C(CCSC)NC(=O)C(NC(=O)C(N)Cc1ccccc1)C(C)C)C(=O)O. The van der Waals surface area contributed by atoms with Gasteiger partial charge in [-0.2, -0.15) is 23.5 Å². The number of carbonyl (C=O) groups excluding carboxylic acids is 3. The van der Waals surface area contributed by atoms with Gasteiger partial charge in [0.2, 0.25) is 17.7 Å². The van der Waals surface area contributed by atoms with E-state index in [9.17, 15) is 24.3 Å². The molecule has 1 aromatic carbocycles. The summed E-state index contributed by atoms with van der Waals surface area (Å²) in [4.78, 5) is 50.2. The molecule has 11 heteroatoms. The van der Waals surface area contributed by atoms with Gasteiger partial charge in [0, 0.05) is 0 Å². The average molecular weight is 527 g/mol. The van der Waals surface area contributed by atoms with E-state index in [1.54, 1.807) is 13.8 Å². The van der Waals surface area contributed by atoms with Gasteiger partial charge < -0.3 is 26.8 Å². The Bertz CT molecular complexity index is 825. The van der Waals surface area contributed by atoms with Gasteiger partial charge in [-0.15, -0.1) is 0 Å². The number of carboxylic acids is 1. The van der Waals surface area contributed by atoms with Crippen molar-refractivity contribution >= 4 is 47.2 Å². The molecule has 1 aromatic rings. The van der Waals surface area contributed by atoms with Gasteiger partial charge in [0.15, 0.2) is 0 Å². The molecule has 3 amide bonds. The van der Waals surface area contributed by atoms with E-state index in [0.29, 0.717) is 24.3 Å².